The standard InChI is InChI=1S/C13H26N2/c1-11(2)9-14-12-7-8-15(10-12)13-5-3-4-6-13/h11-14H,3-10H2,1-2H3. The maximum Gasteiger partial charge on any atom is 0.0207 e. The van der Waals surface area contributed by atoms with E-state index < -0.39 is 0 Å². The van der Waals surface area contributed by atoms with Crippen molar-refractivity contribution >= 4 is 0 Å². The van der Waals surface area contributed by atoms with E-state index in [4.69, 9.17) is 0 Å². The minimum Gasteiger partial charge on any atom is -0.312 e. The Morgan fingerprint density at radius 3 is 2.60 bits per heavy atom. The van der Waals surface area contributed by atoms with Gasteiger partial charge in [0.2, 0.25) is 0 Å². The van der Waals surface area contributed by atoms with Crippen LogP contribution >= 0.6 is 0 Å². The van der Waals surface area contributed by atoms with Crippen molar-refractivity contribution in [1.82, 2.24) is 10.2 Å². The average Bonchev–Trinajstić information content (AvgIpc) is 2.85. The zero-order valence-electron chi connectivity index (χ0n) is 10.3. The molecule has 0 amide bonds. The second-order valence-electron chi connectivity index (χ2n) is 5.72. The monoisotopic (exact) mass is 210 g/mol. The summed E-state index contributed by atoms with van der Waals surface area (Å²) in [6.07, 6.45) is 7.20. The smallest absolute Gasteiger partial charge is 0.0207 e. The molecule has 1 aliphatic carbocycles. The van der Waals surface area contributed by atoms with Crippen LogP contribution in [0, 0.1) is 5.92 Å². The Bertz CT molecular complexity index is 185. The first-order chi connectivity index (χ1) is 7.25. The first-order valence-electron chi connectivity index (χ1n) is 6.73. The quantitative estimate of drug-likeness (QED) is 0.765. The second kappa shape index (κ2) is 5.31. The van der Waals surface area contributed by atoms with Crippen LogP contribution in [-0.4, -0.2) is 36.6 Å². The van der Waals surface area contributed by atoms with Gasteiger partial charge in [-0.15, -0.1) is 0 Å². The highest BCUT2D eigenvalue weighted by Gasteiger charge is 2.29. The zero-order valence-corrected chi connectivity index (χ0v) is 10.3. The van der Waals surface area contributed by atoms with Gasteiger partial charge in [-0.05, 0) is 31.7 Å². The van der Waals surface area contributed by atoms with Crippen LogP contribution in [0.1, 0.15) is 46.0 Å². The summed E-state index contributed by atoms with van der Waals surface area (Å²) in [4.78, 5) is 2.73. The molecule has 2 rings (SSSR count). The number of hydrogen-bond acceptors (Lipinski definition) is 2. The van der Waals surface area contributed by atoms with Crippen molar-refractivity contribution in [1.29, 1.82) is 0 Å². The van der Waals surface area contributed by atoms with E-state index in [0.29, 0.717) is 0 Å². The predicted octanol–water partition coefficient (Wildman–Crippen LogP) is 2.25. The Hall–Kier alpha value is -0.0800. The van der Waals surface area contributed by atoms with Gasteiger partial charge in [-0.25, -0.2) is 0 Å². The first kappa shape index (κ1) is 11.4. The Labute approximate surface area is 94.4 Å². The van der Waals surface area contributed by atoms with Crippen LogP contribution in [0.4, 0.5) is 0 Å². The molecule has 0 aromatic heterocycles. The van der Waals surface area contributed by atoms with Crippen LogP contribution in [0.3, 0.4) is 0 Å². The fraction of sp³-hybridized carbons (Fsp3) is 1.00. The topological polar surface area (TPSA) is 15.3 Å². The maximum absolute atomic E-state index is 3.69. The predicted molar refractivity (Wildman–Crippen MR) is 65.1 cm³/mol. The van der Waals surface area contributed by atoms with Gasteiger partial charge in [-0.2, -0.15) is 0 Å². The highest BCUT2D eigenvalue weighted by Crippen LogP contribution is 2.26. The fourth-order valence-corrected chi connectivity index (χ4v) is 2.96. The molecule has 88 valence electrons. The highest BCUT2D eigenvalue weighted by atomic mass is 15.2. The molecule has 1 saturated heterocycles. The first-order valence-corrected chi connectivity index (χ1v) is 6.73. The van der Waals surface area contributed by atoms with Gasteiger partial charge in [-0.3, -0.25) is 4.90 Å². The molecule has 2 aliphatic rings. The van der Waals surface area contributed by atoms with Crippen molar-refractivity contribution in [3.8, 4) is 0 Å². The summed E-state index contributed by atoms with van der Waals surface area (Å²) < 4.78 is 0. The van der Waals surface area contributed by atoms with Gasteiger partial charge < -0.3 is 5.32 Å². The van der Waals surface area contributed by atoms with Crippen LogP contribution in [0.15, 0.2) is 0 Å². The molecule has 1 unspecified atom stereocenters. The summed E-state index contributed by atoms with van der Waals surface area (Å²) in [7, 11) is 0. The van der Waals surface area contributed by atoms with E-state index >= 15 is 0 Å². The number of hydrogen-bond donors (Lipinski definition) is 1. The zero-order chi connectivity index (χ0) is 10.7. The molecule has 1 N–H and O–H groups in total. The molecule has 2 nitrogen and oxygen atoms in total. The molecular formula is C13H26N2. The molecule has 1 heterocycles. The molecule has 1 saturated carbocycles. The van der Waals surface area contributed by atoms with Crippen molar-refractivity contribution in [3.63, 3.8) is 0 Å². The Morgan fingerprint density at radius 2 is 1.93 bits per heavy atom. The highest BCUT2D eigenvalue weighted by molar-refractivity contribution is 4.87. The van der Waals surface area contributed by atoms with Crippen LogP contribution in [-0.2, 0) is 0 Å². The molecule has 1 atom stereocenters. The summed E-state index contributed by atoms with van der Waals surface area (Å²) >= 11 is 0. The van der Waals surface area contributed by atoms with Gasteiger partial charge >= 0.3 is 0 Å². The third kappa shape index (κ3) is 3.18. The van der Waals surface area contributed by atoms with Crippen molar-refractivity contribution in [3.05, 3.63) is 0 Å². The average molecular weight is 210 g/mol. The molecule has 1 aliphatic heterocycles. The van der Waals surface area contributed by atoms with Crippen molar-refractivity contribution in [2.24, 2.45) is 5.92 Å². The van der Waals surface area contributed by atoms with Gasteiger partial charge in [0, 0.05) is 25.2 Å². The normalized spacial score (nSPS) is 29.4. The molecule has 15 heavy (non-hydrogen) atoms. The third-order valence-corrected chi connectivity index (χ3v) is 3.88. The van der Waals surface area contributed by atoms with E-state index in [0.717, 1.165) is 18.0 Å². The van der Waals surface area contributed by atoms with Crippen LogP contribution in [0.2, 0.25) is 0 Å². The SMILES string of the molecule is CC(C)CNC1CCN(C2CCCC2)C1. The summed E-state index contributed by atoms with van der Waals surface area (Å²) in [6, 6.07) is 1.70. The number of nitrogens with one attached hydrogen (secondary N) is 1. The van der Waals surface area contributed by atoms with Crippen LogP contribution in [0.25, 0.3) is 0 Å². The Morgan fingerprint density at radius 1 is 1.20 bits per heavy atom. The third-order valence-electron chi connectivity index (χ3n) is 3.88. The summed E-state index contributed by atoms with van der Waals surface area (Å²) in [6.45, 7) is 8.40. The second-order valence-corrected chi connectivity index (χ2v) is 5.72. The molecule has 2 fully saturated rings. The molecule has 0 radical (unpaired) electrons. The molecule has 2 heteroatoms. The van der Waals surface area contributed by atoms with Gasteiger partial charge in [-0.1, -0.05) is 26.7 Å². The Kier molecular flexibility index (Phi) is 4.04. The van der Waals surface area contributed by atoms with Crippen LogP contribution in [0.5, 0.6) is 0 Å². The summed E-state index contributed by atoms with van der Waals surface area (Å²) in [5.74, 6) is 0.783. The van der Waals surface area contributed by atoms with Crippen molar-refractivity contribution in [2.45, 2.75) is 58.0 Å². The van der Waals surface area contributed by atoms with Crippen LogP contribution < -0.4 is 5.32 Å². The van der Waals surface area contributed by atoms with E-state index in [-0.39, 0.29) is 0 Å². The minimum absolute atomic E-state index is 0.771. The lowest BCUT2D eigenvalue weighted by Crippen LogP contribution is -2.37. The maximum atomic E-state index is 3.69. The van der Waals surface area contributed by atoms with Gasteiger partial charge in [0.25, 0.3) is 0 Å². The van der Waals surface area contributed by atoms with E-state index in [9.17, 15) is 0 Å². The van der Waals surface area contributed by atoms with Gasteiger partial charge in [0.05, 0.1) is 0 Å². The molecular weight excluding hydrogens is 184 g/mol. The molecule has 0 aromatic rings. The van der Waals surface area contributed by atoms with E-state index in [2.05, 4.69) is 24.1 Å². The van der Waals surface area contributed by atoms with E-state index in [1.807, 2.05) is 0 Å². The lowest BCUT2D eigenvalue weighted by atomic mass is 10.2. The number of rotatable bonds is 4. The summed E-state index contributed by atoms with van der Waals surface area (Å²) in [5.41, 5.74) is 0. The minimum atomic E-state index is 0.771. The number of likely N-dealkylation sites (tertiary alicyclic amines) is 1. The van der Waals surface area contributed by atoms with Crippen molar-refractivity contribution in [2.75, 3.05) is 19.6 Å². The van der Waals surface area contributed by atoms with Gasteiger partial charge in [0.1, 0.15) is 0 Å². The summed E-state index contributed by atoms with van der Waals surface area (Å²) in [5, 5.41) is 3.69. The largest absolute Gasteiger partial charge is 0.312 e. The van der Waals surface area contributed by atoms with E-state index in [1.54, 1.807) is 0 Å². The molecule has 0 aromatic carbocycles. The molecule has 0 bridgehead atoms. The fourth-order valence-electron chi connectivity index (χ4n) is 2.96. The van der Waals surface area contributed by atoms with Gasteiger partial charge in [0.15, 0.2) is 0 Å². The Balaban J connectivity index is 1.69. The lowest BCUT2D eigenvalue weighted by molar-refractivity contribution is 0.239. The number of nitrogens with zero attached hydrogens (tertiary/aromatic N) is 1. The van der Waals surface area contributed by atoms with E-state index in [1.165, 1.54) is 51.7 Å². The van der Waals surface area contributed by atoms with Crippen molar-refractivity contribution < 1.29 is 0 Å². The molecule has 0 spiro atoms. The lowest BCUT2D eigenvalue weighted by Gasteiger charge is -2.23.